The van der Waals surface area contributed by atoms with Gasteiger partial charge in [-0.05, 0) is 33.6 Å². The van der Waals surface area contributed by atoms with E-state index >= 15 is 0 Å². The second kappa shape index (κ2) is 6.16. The maximum atomic E-state index is 9.58. The Hall–Kier alpha value is -0.130. The fourth-order valence-electron chi connectivity index (χ4n) is 2.15. The zero-order valence-corrected chi connectivity index (χ0v) is 11.8. The Morgan fingerprint density at radius 2 is 2.12 bits per heavy atom. The van der Waals surface area contributed by atoms with Crippen molar-refractivity contribution in [1.82, 2.24) is 10.2 Å². The predicted molar refractivity (Wildman–Crippen MR) is 73.4 cm³/mol. The van der Waals surface area contributed by atoms with Gasteiger partial charge >= 0.3 is 0 Å². The number of piperazine rings is 1. The van der Waals surface area contributed by atoms with Crippen molar-refractivity contribution in [2.45, 2.75) is 6.04 Å². The lowest BCUT2D eigenvalue weighted by atomic mass is 10.1. The van der Waals surface area contributed by atoms with Crippen molar-refractivity contribution in [3.05, 3.63) is 33.3 Å². The third kappa shape index (κ3) is 3.20. The van der Waals surface area contributed by atoms with Crippen LogP contribution in [0.25, 0.3) is 0 Å². The van der Waals surface area contributed by atoms with Crippen molar-refractivity contribution in [3.8, 4) is 0 Å². The molecular weight excluding hydrogens is 304 g/mol. The van der Waals surface area contributed by atoms with Crippen molar-refractivity contribution in [1.29, 1.82) is 0 Å². The summed E-state index contributed by atoms with van der Waals surface area (Å²) in [5.74, 6) is 0. The van der Waals surface area contributed by atoms with Crippen molar-refractivity contribution in [2.75, 3.05) is 32.8 Å². The Morgan fingerprint density at radius 1 is 1.41 bits per heavy atom. The minimum atomic E-state index is 0.0608. The van der Waals surface area contributed by atoms with Crippen LogP contribution >= 0.6 is 27.5 Å². The van der Waals surface area contributed by atoms with Gasteiger partial charge in [0, 0.05) is 30.7 Å². The van der Waals surface area contributed by atoms with Gasteiger partial charge in [-0.15, -0.1) is 0 Å². The Morgan fingerprint density at radius 3 is 2.71 bits per heavy atom. The highest BCUT2D eigenvalue weighted by molar-refractivity contribution is 9.10. The van der Waals surface area contributed by atoms with Gasteiger partial charge in [0.15, 0.2) is 0 Å². The lowest BCUT2D eigenvalue weighted by Crippen LogP contribution is -2.46. The Kier molecular flexibility index (Phi) is 4.82. The highest BCUT2D eigenvalue weighted by Gasteiger charge is 2.21. The summed E-state index contributed by atoms with van der Waals surface area (Å²) in [5, 5.41) is 13.6. The summed E-state index contributed by atoms with van der Waals surface area (Å²) >= 11 is 9.40. The first-order chi connectivity index (χ1) is 8.22. The van der Waals surface area contributed by atoms with Gasteiger partial charge in [0.25, 0.3) is 0 Å². The molecule has 0 bridgehead atoms. The molecule has 1 unspecified atom stereocenters. The number of aliphatic hydroxyl groups excluding tert-OH is 1. The average Bonchev–Trinajstić information content (AvgIpc) is 2.36. The second-order valence-corrected chi connectivity index (χ2v) is 5.42. The van der Waals surface area contributed by atoms with E-state index in [0.29, 0.717) is 5.02 Å². The molecule has 0 saturated carbocycles. The average molecular weight is 320 g/mol. The van der Waals surface area contributed by atoms with Crippen LogP contribution in [-0.2, 0) is 0 Å². The summed E-state index contributed by atoms with van der Waals surface area (Å²) in [6.45, 7) is 4.02. The summed E-state index contributed by atoms with van der Waals surface area (Å²) in [6.07, 6.45) is 0. The molecule has 1 fully saturated rings. The lowest BCUT2D eigenvalue weighted by Gasteiger charge is -2.34. The molecule has 0 radical (unpaired) electrons. The molecule has 3 nitrogen and oxygen atoms in total. The molecule has 0 amide bonds. The van der Waals surface area contributed by atoms with E-state index in [1.807, 2.05) is 18.2 Å². The normalized spacial score (nSPS) is 19.2. The molecular formula is C12H16BrClN2O. The molecule has 0 aliphatic carbocycles. The van der Waals surface area contributed by atoms with E-state index in [0.717, 1.165) is 36.2 Å². The number of nitrogens with one attached hydrogen (secondary N) is 1. The van der Waals surface area contributed by atoms with Gasteiger partial charge in [0.2, 0.25) is 0 Å². The fourth-order valence-corrected chi connectivity index (χ4v) is 2.66. The minimum absolute atomic E-state index is 0.0608. The Balaban J connectivity index is 2.18. The Labute approximate surface area is 115 Å². The van der Waals surface area contributed by atoms with E-state index in [1.165, 1.54) is 0 Å². The molecule has 5 heteroatoms. The van der Waals surface area contributed by atoms with Crippen LogP contribution in [0, 0.1) is 0 Å². The maximum absolute atomic E-state index is 9.58. The number of nitrogens with zero attached hydrogens (tertiary/aromatic N) is 1. The molecule has 1 aromatic rings. The molecule has 1 aliphatic rings. The molecule has 2 rings (SSSR count). The number of halogens is 2. The van der Waals surface area contributed by atoms with Crippen molar-refractivity contribution in [3.63, 3.8) is 0 Å². The van der Waals surface area contributed by atoms with Gasteiger partial charge < -0.3 is 10.4 Å². The third-order valence-corrected chi connectivity index (χ3v) is 4.31. The first-order valence-corrected chi connectivity index (χ1v) is 6.90. The molecule has 1 atom stereocenters. The van der Waals surface area contributed by atoms with E-state index in [1.54, 1.807) is 0 Å². The van der Waals surface area contributed by atoms with Gasteiger partial charge in [-0.3, -0.25) is 4.90 Å². The van der Waals surface area contributed by atoms with Crippen LogP contribution < -0.4 is 5.32 Å². The number of benzene rings is 1. The molecule has 1 aliphatic heterocycles. The summed E-state index contributed by atoms with van der Waals surface area (Å²) in [6, 6.07) is 5.90. The molecule has 1 saturated heterocycles. The topological polar surface area (TPSA) is 35.5 Å². The monoisotopic (exact) mass is 318 g/mol. The smallest absolute Gasteiger partial charge is 0.0628 e. The van der Waals surface area contributed by atoms with E-state index in [4.69, 9.17) is 11.6 Å². The molecule has 0 spiro atoms. The number of hydrogen-bond donors (Lipinski definition) is 2. The first kappa shape index (κ1) is 13.3. The Bertz CT molecular complexity index is 383. The zero-order valence-electron chi connectivity index (χ0n) is 9.50. The molecule has 2 N–H and O–H groups in total. The summed E-state index contributed by atoms with van der Waals surface area (Å²) in [7, 11) is 0. The van der Waals surface area contributed by atoms with Crippen LogP contribution in [0.5, 0.6) is 0 Å². The highest BCUT2D eigenvalue weighted by Crippen LogP contribution is 2.28. The second-order valence-electron chi connectivity index (χ2n) is 4.16. The predicted octanol–water partition coefficient (Wildman–Crippen LogP) is 2.04. The van der Waals surface area contributed by atoms with Crippen molar-refractivity contribution in [2.24, 2.45) is 0 Å². The SMILES string of the molecule is OCC(c1ccc(Cl)c(Br)c1)N1CCNCC1. The number of hydrogen-bond acceptors (Lipinski definition) is 3. The van der Waals surface area contributed by atoms with Gasteiger partial charge in [0.1, 0.15) is 0 Å². The van der Waals surface area contributed by atoms with Crippen LogP contribution in [0.1, 0.15) is 11.6 Å². The molecule has 94 valence electrons. The van der Waals surface area contributed by atoms with E-state index in [-0.39, 0.29) is 12.6 Å². The maximum Gasteiger partial charge on any atom is 0.0628 e. The van der Waals surface area contributed by atoms with Crippen LogP contribution in [-0.4, -0.2) is 42.8 Å². The third-order valence-electron chi connectivity index (χ3n) is 3.09. The van der Waals surface area contributed by atoms with Crippen molar-refractivity contribution >= 4 is 27.5 Å². The number of rotatable bonds is 3. The van der Waals surface area contributed by atoms with Gasteiger partial charge in [0.05, 0.1) is 17.7 Å². The zero-order chi connectivity index (χ0) is 12.3. The summed E-state index contributed by atoms with van der Waals surface area (Å²) in [4.78, 5) is 2.30. The van der Waals surface area contributed by atoms with E-state index in [2.05, 4.69) is 26.1 Å². The quantitative estimate of drug-likeness (QED) is 0.895. The van der Waals surface area contributed by atoms with Gasteiger partial charge in [-0.1, -0.05) is 17.7 Å². The van der Waals surface area contributed by atoms with E-state index in [9.17, 15) is 5.11 Å². The van der Waals surface area contributed by atoms with Crippen LogP contribution in [0.3, 0.4) is 0 Å². The largest absolute Gasteiger partial charge is 0.394 e. The standard InChI is InChI=1S/C12H16BrClN2O/c13-10-7-9(1-2-11(10)14)12(8-17)16-5-3-15-4-6-16/h1-2,7,12,15,17H,3-6,8H2. The first-order valence-electron chi connectivity index (χ1n) is 5.73. The lowest BCUT2D eigenvalue weighted by molar-refractivity contribution is 0.111. The highest BCUT2D eigenvalue weighted by atomic mass is 79.9. The summed E-state index contributed by atoms with van der Waals surface area (Å²) < 4.78 is 0.880. The molecule has 1 aromatic carbocycles. The number of aliphatic hydroxyl groups is 1. The van der Waals surface area contributed by atoms with Crippen molar-refractivity contribution < 1.29 is 5.11 Å². The van der Waals surface area contributed by atoms with Crippen LogP contribution in [0.2, 0.25) is 5.02 Å². The molecule has 1 heterocycles. The van der Waals surface area contributed by atoms with E-state index < -0.39 is 0 Å². The molecule has 0 aromatic heterocycles. The summed E-state index contributed by atoms with van der Waals surface area (Å²) in [5.41, 5.74) is 1.10. The fraction of sp³-hybridized carbons (Fsp3) is 0.500. The van der Waals surface area contributed by atoms with Gasteiger partial charge in [-0.2, -0.15) is 0 Å². The molecule has 17 heavy (non-hydrogen) atoms. The van der Waals surface area contributed by atoms with Crippen LogP contribution in [0.15, 0.2) is 22.7 Å². The van der Waals surface area contributed by atoms with Gasteiger partial charge in [-0.25, -0.2) is 0 Å². The minimum Gasteiger partial charge on any atom is -0.394 e. The van der Waals surface area contributed by atoms with Crippen LogP contribution in [0.4, 0.5) is 0 Å².